The van der Waals surface area contributed by atoms with E-state index < -0.39 is 12.1 Å². The zero-order chi connectivity index (χ0) is 22.4. The molecule has 0 N–H and O–H groups in total. The van der Waals surface area contributed by atoms with E-state index in [0.29, 0.717) is 36.1 Å². The first-order chi connectivity index (χ1) is 14.9. The van der Waals surface area contributed by atoms with Crippen LogP contribution < -0.4 is 9.47 Å². The third-order valence-electron chi connectivity index (χ3n) is 5.34. The van der Waals surface area contributed by atoms with Crippen LogP contribution in [0.1, 0.15) is 45.3 Å². The maximum Gasteiger partial charge on any atom is 0.331 e. The molecule has 6 heteroatoms. The number of nitrogens with zero attached hydrogens (tertiary/aromatic N) is 1. The van der Waals surface area contributed by atoms with E-state index in [2.05, 4.69) is 0 Å². The first-order valence-corrected chi connectivity index (χ1v) is 10.5. The third-order valence-corrected chi connectivity index (χ3v) is 5.34. The minimum absolute atomic E-state index is 0.397. The van der Waals surface area contributed by atoms with Gasteiger partial charge >= 0.3 is 5.97 Å². The highest BCUT2D eigenvalue weighted by Crippen LogP contribution is 2.36. The van der Waals surface area contributed by atoms with Crippen LogP contribution in [0.4, 0.5) is 0 Å². The molecular weight excluding hydrogens is 394 g/mol. The Morgan fingerprint density at radius 3 is 2.52 bits per heavy atom. The Hall–Kier alpha value is -3.24. The molecule has 0 bridgehead atoms. The van der Waals surface area contributed by atoms with Crippen molar-refractivity contribution < 1.29 is 23.8 Å². The van der Waals surface area contributed by atoms with Gasteiger partial charge in [-0.25, -0.2) is 9.59 Å². The monoisotopic (exact) mass is 423 g/mol. The Bertz CT molecular complexity index is 942. The summed E-state index contributed by atoms with van der Waals surface area (Å²) in [5.41, 5.74) is 3.06. The van der Waals surface area contributed by atoms with Gasteiger partial charge in [0.15, 0.2) is 11.5 Å². The first-order valence-electron chi connectivity index (χ1n) is 10.5. The molecule has 3 rings (SSSR count). The highest BCUT2D eigenvalue weighted by atomic mass is 16.5. The summed E-state index contributed by atoms with van der Waals surface area (Å²) < 4.78 is 17.2. The lowest BCUT2D eigenvalue weighted by molar-refractivity contribution is -0.144. The highest BCUT2D eigenvalue weighted by Gasteiger charge is 2.26. The molecule has 0 radical (unpaired) electrons. The molecule has 2 aliphatic rings. The number of esters is 1. The largest absolute Gasteiger partial charge is 0.493 e. The Kier molecular flexibility index (Phi) is 7.37. The summed E-state index contributed by atoms with van der Waals surface area (Å²) in [6.07, 6.45) is 8.41. The second-order valence-corrected chi connectivity index (χ2v) is 7.83. The molecular formula is C25H29NO5. The van der Waals surface area contributed by atoms with Crippen LogP contribution >= 0.6 is 0 Å². The molecule has 1 saturated carbocycles. The van der Waals surface area contributed by atoms with Gasteiger partial charge in [0.25, 0.3) is 0 Å². The van der Waals surface area contributed by atoms with Crippen molar-refractivity contribution in [3.63, 3.8) is 0 Å². The Labute approximate surface area is 183 Å². The lowest BCUT2D eigenvalue weighted by Crippen LogP contribution is -2.29. The predicted octanol–water partition coefficient (Wildman–Crippen LogP) is 4.53. The Morgan fingerprint density at radius 2 is 1.94 bits per heavy atom. The van der Waals surface area contributed by atoms with Crippen LogP contribution in [-0.4, -0.2) is 37.1 Å². The summed E-state index contributed by atoms with van der Waals surface area (Å²) >= 11 is 0. The number of hydrogen-bond acceptors (Lipinski definition) is 6. The fraction of sp³-hybridized carbons (Fsp3) is 0.400. The maximum atomic E-state index is 12.3. The molecule has 0 aromatic heterocycles. The number of carbonyl (C=O) groups excluding carboxylic acids is 2. The van der Waals surface area contributed by atoms with E-state index in [4.69, 9.17) is 14.2 Å². The van der Waals surface area contributed by atoms with Gasteiger partial charge in [0, 0.05) is 17.5 Å². The minimum Gasteiger partial charge on any atom is -0.493 e. The summed E-state index contributed by atoms with van der Waals surface area (Å²) in [6, 6.07) is 5.60. The predicted molar refractivity (Wildman–Crippen MR) is 118 cm³/mol. The fourth-order valence-corrected chi connectivity index (χ4v) is 3.46. The van der Waals surface area contributed by atoms with E-state index in [0.717, 1.165) is 17.0 Å². The van der Waals surface area contributed by atoms with Gasteiger partial charge in [-0.1, -0.05) is 12.1 Å². The molecule has 6 nitrogen and oxygen atoms in total. The summed E-state index contributed by atoms with van der Waals surface area (Å²) in [7, 11) is 1.61. The van der Waals surface area contributed by atoms with Gasteiger partial charge in [-0.3, -0.25) is 0 Å². The van der Waals surface area contributed by atoms with Crippen LogP contribution in [-0.2, 0) is 14.3 Å². The van der Waals surface area contributed by atoms with Gasteiger partial charge in [0.1, 0.15) is 12.0 Å². The average molecular weight is 424 g/mol. The van der Waals surface area contributed by atoms with Crippen LogP contribution in [0.25, 0.3) is 0 Å². The Balaban J connectivity index is 1.89. The molecule has 0 saturated heterocycles. The Morgan fingerprint density at radius 1 is 1.23 bits per heavy atom. The standard InChI is InChI=1S/C25H29NO5/c1-5-6-25(28)31-24(14-26-17(2)11-20(15-27)12-18(26)3)21-9-10-22(29-4)23(13-21)30-16-19-7-8-19/h5-6,9-13,19,24H,7-8,14,16H2,1-4H3/b6-5+. The molecule has 1 aromatic carbocycles. The molecule has 1 heterocycles. The van der Waals surface area contributed by atoms with Gasteiger partial charge < -0.3 is 19.1 Å². The molecule has 0 spiro atoms. The van der Waals surface area contributed by atoms with Gasteiger partial charge in [0.05, 0.1) is 25.8 Å². The van der Waals surface area contributed by atoms with Crippen molar-refractivity contribution in [2.75, 3.05) is 20.3 Å². The van der Waals surface area contributed by atoms with Crippen LogP contribution in [0.5, 0.6) is 11.5 Å². The molecule has 1 aromatic rings. The number of rotatable bonds is 9. The van der Waals surface area contributed by atoms with Crippen molar-refractivity contribution in [1.29, 1.82) is 0 Å². The van der Waals surface area contributed by atoms with Crippen molar-refractivity contribution in [2.45, 2.75) is 39.7 Å². The number of hydrogen-bond donors (Lipinski definition) is 0. The third kappa shape index (κ3) is 5.89. The van der Waals surface area contributed by atoms with Crippen LogP contribution in [0.15, 0.2) is 59.5 Å². The number of ether oxygens (including phenoxy) is 3. The van der Waals surface area contributed by atoms with Crippen molar-refractivity contribution in [2.24, 2.45) is 5.92 Å². The number of allylic oxidation sites excluding steroid dienone is 6. The van der Waals surface area contributed by atoms with Gasteiger partial charge in [-0.2, -0.15) is 0 Å². The minimum atomic E-state index is -0.550. The second-order valence-electron chi connectivity index (χ2n) is 7.83. The van der Waals surface area contributed by atoms with E-state index >= 15 is 0 Å². The normalized spacial score (nSPS) is 17.0. The molecule has 1 fully saturated rings. The molecule has 1 atom stereocenters. The lowest BCUT2D eigenvalue weighted by Gasteiger charge is -2.32. The van der Waals surface area contributed by atoms with Crippen molar-refractivity contribution in [1.82, 2.24) is 4.90 Å². The molecule has 1 aliphatic heterocycles. The van der Waals surface area contributed by atoms with E-state index in [1.165, 1.54) is 18.9 Å². The van der Waals surface area contributed by atoms with Crippen LogP contribution in [0, 0.1) is 5.92 Å². The van der Waals surface area contributed by atoms with E-state index in [1.807, 2.05) is 42.9 Å². The van der Waals surface area contributed by atoms with Crippen molar-refractivity contribution in [3.8, 4) is 11.5 Å². The summed E-state index contributed by atoms with van der Waals surface area (Å²) in [5.74, 6) is 3.40. The summed E-state index contributed by atoms with van der Waals surface area (Å²) in [6.45, 7) is 6.65. The molecule has 1 aliphatic carbocycles. The van der Waals surface area contributed by atoms with Gasteiger partial charge in [-0.15, -0.1) is 0 Å². The quantitative estimate of drug-likeness (QED) is 0.330. The zero-order valence-corrected chi connectivity index (χ0v) is 18.5. The molecule has 31 heavy (non-hydrogen) atoms. The maximum absolute atomic E-state index is 12.3. The second kappa shape index (κ2) is 10.2. The van der Waals surface area contributed by atoms with Gasteiger partial charge in [0.2, 0.25) is 0 Å². The van der Waals surface area contributed by atoms with E-state index in [9.17, 15) is 9.59 Å². The number of methoxy groups -OCH3 is 1. The zero-order valence-electron chi connectivity index (χ0n) is 18.5. The van der Waals surface area contributed by atoms with E-state index in [-0.39, 0.29) is 0 Å². The molecule has 1 unspecified atom stereocenters. The van der Waals surface area contributed by atoms with Crippen molar-refractivity contribution in [3.05, 3.63) is 65.0 Å². The summed E-state index contributed by atoms with van der Waals surface area (Å²) in [4.78, 5) is 25.4. The number of benzene rings is 1. The van der Waals surface area contributed by atoms with Crippen LogP contribution in [0.3, 0.4) is 0 Å². The highest BCUT2D eigenvalue weighted by molar-refractivity contribution is 5.82. The molecule has 164 valence electrons. The van der Waals surface area contributed by atoms with Crippen LogP contribution in [0.2, 0.25) is 0 Å². The first kappa shape index (κ1) is 22.4. The molecule has 0 amide bonds. The average Bonchev–Trinajstić information content (AvgIpc) is 3.58. The number of carbonyl (C=O) groups is 1. The SMILES string of the molecule is C/C=C/C(=O)OC(CN1C(C)=CC(=C=O)C=C1C)c1ccc(OC)c(OCC2CC2)c1. The van der Waals surface area contributed by atoms with Crippen molar-refractivity contribution >= 4 is 11.9 Å². The fourth-order valence-electron chi connectivity index (χ4n) is 3.46. The van der Waals surface area contributed by atoms with Gasteiger partial charge in [-0.05, 0) is 69.4 Å². The van der Waals surface area contributed by atoms with E-state index in [1.54, 1.807) is 32.3 Å². The smallest absolute Gasteiger partial charge is 0.331 e. The summed E-state index contributed by atoms with van der Waals surface area (Å²) in [5, 5.41) is 0. The topological polar surface area (TPSA) is 65.1 Å². The lowest BCUT2D eigenvalue weighted by atomic mass is 10.0.